The minimum absolute atomic E-state index is 0.00941. The summed E-state index contributed by atoms with van der Waals surface area (Å²) in [6.07, 6.45) is 1.17. The van der Waals surface area contributed by atoms with Crippen LogP contribution < -0.4 is 21.2 Å². The lowest BCUT2D eigenvalue weighted by atomic mass is 10.2. The van der Waals surface area contributed by atoms with Gasteiger partial charge in [-0.05, 0) is 29.9 Å². The van der Waals surface area contributed by atoms with Gasteiger partial charge in [0.1, 0.15) is 12.2 Å². The van der Waals surface area contributed by atoms with Crippen LogP contribution in [0.15, 0.2) is 27.9 Å². The van der Waals surface area contributed by atoms with Crippen molar-refractivity contribution in [3.05, 3.63) is 45.3 Å². The second-order valence-corrected chi connectivity index (χ2v) is 6.59. The van der Waals surface area contributed by atoms with Crippen LogP contribution in [-0.4, -0.2) is 55.4 Å². The van der Waals surface area contributed by atoms with Crippen molar-refractivity contribution >= 4 is 23.6 Å². The van der Waals surface area contributed by atoms with Crippen LogP contribution in [-0.2, 0) is 6.54 Å². The largest absolute Gasteiger partial charge is 0.868 e. The fraction of sp³-hybridized carbons (Fsp3) is 0.294. The Morgan fingerprint density at radius 3 is 2.75 bits per heavy atom. The molecule has 4 N–H and O–H groups in total. The van der Waals surface area contributed by atoms with Gasteiger partial charge in [-0.1, -0.05) is 17.3 Å². The van der Waals surface area contributed by atoms with E-state index in [4.69, 9.17) is 5.73 Å². The molecule has 0 bridgehead atoms. The minimum atomic E-state index is -0.789. The van der Waals surface area contributed by atoms with Gasteiger partial charge in [0.2, 0.25) is 11.6 Å². The van der Waals surface area contributed by atoms with E-state index in [1.165, 1.54) is 17.0 Å². The number of nitrogens with one attached hydrogen (secondary N) is 2. The van der Waals surface area contributed by atoms with Gasteiger partial charge in [0, 0.05) is 11.6 Å². The summed E-state index contributed by atoms with van der Waals surface area (Å²) in [5, 5.41) is 41.3. The maximum Gasteiger partial charge on any atom is 0.294 e. The second kappa shape index (κ2) is 9.61. The smallest absolute Gasteiger partial charge is 0.294 e. The Morgan fingerprint density at radius 2 is 2.12 bits per heavy atom. The summed E-state index contributed by atoms with van der Waals surface area (Å²) < 4.78 is 5.90. The van der Waals surface area contributed by atoms with E-state index < -0.39 is 22.3 Å². The van der Waals surface area contributed by atoms with Crippen molar-refractivity contribution in [3.8, 4) is 11.6 Å². The molecule has 32 heavy (non-hydrogen) atoms. The first-order valence-corrected chi connectivity index (χ1v) is 9.51. The Bertz CT molecular complexity index is 1150. The van der Waals surface area contributed by atoms with E-state index in [9.17, 15) is 20.0 Å². The Morgan fingerprint density at radius 1 is 1.38 bits per heavy atom. The molecule has 0 saturated heterocycles. The van der Waals surface area contributed by atoms with Crippen molar-refractivity contribution in [2.45, 2.75) is 20.4 Å². The number of nitrogens with zero attached hydrogens (tertiary/aromatic N) is 7. The van der Waals surface area contributed by atoms with Crippen LogP contribution in [0.4, 0.5) is 11.5 Å². The number of nitro groups is 1. The maximum absolute atomic E-state index is 12.7. The molecule has 0 atom stereocenters. The second-order valence-electron chi connectivity index (χ2n) is 6.59. The van der Waals surface area contributed by atoms with Gasteiger partial charge in [0.05, 0.1) is 24.2 Å². The zero-order valence-corrected chi connectivity index (χ0v) is 17.2. The molecule has 3 aromatic rings. The number of hydrogen-bond donors (Lipinski definition) is 3. The van der Waals surface area contributed by atoms with E-state index in [0.717, 1.165) is 30.1 Å². The summed E-state index contributed by atoms with van der Waals surface area (Å²) >= 11 is 0. The van der Waals surface area contributed by atoms with Crippen molar-refractivity contribution in [1.29, 1.82) is 0 Å². The SMILES string of the molecule is CC[NH+](CC)Cc1c(C(=O)N/N=C\c2ccc([O-])c([N+](=O)[O-])c2)nnn1-c1nonc1N. The van der Waals surface area contributed by atoms with Gasteiger partial charge in [-0.2, -0.15) is 9.78 Å². The molecule has 0 aliphatic carbocycles. The standard InChI is InChI=1S/C17H20N10O5/c1-3-25(4-2)9-12-14(20-24-26(12)16-15(18)22-32-23-16)17(29)21-19-8-10-5-6-13(28)11(7-10)27(30)31/h5-8,28H,3-4,9H2,1-2H3,(H2,18,22)(H,21,29)/b19-8-. The maximum atomic E-state index is 12.7. The number of nitro benzene ring substituents is 1. The van der Waals surface area contributed by atoms with Crippen molar-refractivity contribution in [2.75, 3.05) is 18.8 Å². The number of hydrogen-bond acceptors (Lipinski definition) is 11. The molecule has 0 fully saturated rings. The normalized spacial score (nSPS) is 11.3. The predicted octanol–water partition coefficient (Wildman–Crippen LogP) is -1.60. The zero-order valence-electron chi connectivity index (χ0n) is 17.2. The lowest BCUT2D eigenvalue weighted by Gasteiger charge is -2.15. The molecule has 1 amide bonds. The van der Waals surface area contributed by atoms with Gasteiger partial charge < -0.3 is 15.7 Å². The molecule has 2 aromatic heterocycles. The van der Waals surface area contributed by atoms with Gasteiger partial charge in [0.25, 0.3) is 11.6 Å². The van der Waals surface area contributed by atoms with E-state index in [2.05, 4.69) is 35.8 Å². The topological polar surface area (TPSA) is 208 Å². The van der Waals surface area contributed by atoms with Crippen molar-refractivity contribution < 1.29 is 24.4 Å². The number of nitrogen functional groups attached to an aromatic ring is 1. The van der Waals surface area contributed by atoms with Crippen LogP contribution in [0.5, 0.6) is 5.75 Å². The highest BCUT2D eigenvalue weighted by atomic mass is 16.6. The van der Waals surface area contributed by atoms with Gasteiger partial charge in [-0.3, -0.25) is 14.9 Å². The number of amides is 1. The number of quaternary nitrogens is 1. The molecule has 0 aliphatic rings. The minimum Gasteiger partial charge on any atom is -0.868 e. The summed E-state index contributed by atoms with van der Waals surface area (Å²) in [5.41, 5.74) is 8.13. The molecule has 15 heteroatoms. The van der Waals surface area contributed by atoms with Crippen LogP contribution in [0, 0.1) is 10.1 Å². The molecule has 3 rings (SSSR count). The molecule has 15 nitrogen and oxygen atoms in total. The first kappa shape index (κ1) is 22.3. The molecule has 0 spiro atoms. The molecule has 0 aliphatic heterocycles. The molecular weight excluding hydrogens is 424 g/mol. The van der Waals surface area contributed by atoms with Crippen molar-refractivity contribution in [3.63, 3.8) is 0 Å². The van der Waals surface area contributed by atoms with E-state index >= 15 is 0 Å². The number of hydrazone groups is 1. The number of carbonyl (C=O) groups excluding carboxylic acids is 1. The summed E-state index contributed by atoms with van der Waals surface area (Å²) in [5.74, 6) is -1.30. The Kier molecular flexibility index (Phi) is 6.69. The molecule has 1 aromatic carbocycles. The van der Waals surface area contributed by atoms with Crippen molar-refractivity contribution in [2.24, 2.45) is 5.10 Å². The highest BCUT2D eigenvalue weighted by Crippen LogP contribution is 2.23. The highest BCUT2D eigenvalue weighted by Gasteiger charge is 2.26. The predicted molar refractivity (Wildman–Crippen MR) is 107 cm³/mol. The molecule has 168 valence electrons. The summed E-state index contributed by atoms with van der Waals surface area (Å²) in [6.45, 7) is 5.94. The Labute approximate surface area is 180 Å². The van der Waals surface area contributed by atoms with Gasteiger partial charge >= 0.3 is 0 Å². The third kappa shape index (κ3) is 4.67. The lowest BCUT2D eigenvalue weighted by molar-refractivity contribution is -0.910. The molecule has 0 saturated carbocycles. The fourth-order valence-corrected chi connectivity index (χ4v) is 2.86. The van der Waals surface area contributed by atoms with Gasteiger partial charge in [-0.25, -0.2) is 10.1 Å². The number of nitrogens with two attached hydrogens (primary N) is 1. The number of carbonyl (C=O) groups is 1. The molecule has 0 unspecified atom stereocenters. The number of anilines is 1. The van der Waals surface area contributed by atoms with Gasteiger partial charge in [0.15, 0.2) is 5.69 Å². The Balaban J connectivity index is 1.85. The average molecular weight is 444 g/mol. The van der Waals surface area contributed by atoms with E-state index in [-0.39, 0.29) is 22.9 Å². The summed E-state index contributed by atoms with van der Waals surface area (Å²) in [6, 6.07) is 3.45. The van der Waals surface area contributed by atoms with Crippen LogP contribution in [0.1, 0.15) is 35.6 Å². The number of benzene rings is 1. The first-order chi connectivity index (χ1) is 15.3. The monoisotopic (exact) mass is 444 g/mol. The highest BCUT2D eigenvalue weighted by molar-refractivity contribution is 5.94. The summed E-state index contributed by atoms with van der Waals surface area (Å²) in [4.78, 5) is 23.9. The number of aromatic nitrogens is 5. The molecule has 2 heterocycles. The van der Waals surface area contributed by atoms with E-state index in [0.29, 0.717) is 12.2 Å². The first-order valence-electron chi connectivity index (χ1n) is 9.51. The number of rotatable bonds is 9. The van der Waals surface area contributed by atoms with Crippen LogP contribution in [0.2, 0.25) is 0 Å². The third-order valence-corrected chi connectivity index (χ3v) is 4.65. The van der Waals surface area contributed by atoms with Crippen molar-refractivity contribution in [1.82, 2.24) is 30.7 Å². The third-order valence-electron chi connectivity index (χ3n) is 4.65. The van der Waals surface area contributed by atoms with Crippen LogP contribution in [0.3, 0.4) is 0 Å². The zero-order chi connectivity index (χ0) is 23.3. The molecular formula is C17H20N10O5. The quantitative estimate of drug-likeness (QED) is 0.196. The van der Waals surface area contributed by atoms with Crippen LogP contribution in [0.25, 0.3) is 5.82 Å². The summed E-state index contributed by atoms with van der Waals surface area (Å²) in [7, 11) is 0. The molecule has 0 radical (unpaired) electrons. The van der Waals surface area contributed by atoms with Gasteiger partial charge in [-0.15, -0.1) is 5.10 Å². The lowest BCUT2D eigenvalue weighted by Crippen LogP contribution is -3.10. The average Bonchev–Trinajstić information content (AvgIpc) is 3.38. The fourth-order valence-electron chi connectivity index (χ4n) is 2.86. The van der Waals surface area contributed by atoms with Crippen LogP contribution >= 0.6 is 0 Å². The van der Waals surface area contributed by atoms with E-state index in [1.54, 1.807) is 0 Å². The van der Waals surface area contributed by atoms with E-state index in [1.807, 2.05) is 13.8 Å². The Hall–Kier alpha value is -4.40.